The normalized spacial score (nSPS) is 17.5. The molecule has 0 amide bonds. The number of fused-ring (bicyclic) bond motifs is 1. The second-order valence-corrected chi connectivity index (χ2v) is 9.00. The summed E-state index contributed by atoms with van der Waals surface area (Å²) in [7, 11) is 1.77. The van der Waals surface area contributed by atoms with Crippen LogP contribution in [-0.2, 0) is 17.3 Å². The molecule has 140 valence electrons. The molecule has 0 saturated heterocycles. The van der Waals surface area contributed by atoms with Gasteiger partial charge >= 0.3 is 0 Å². The molecule has 0 fully saturated rings. The number of hydrogen-bond donors (Lipinski definition) is 0. The molecular formula is C23H31NO2. The maximum absolute atomic E-state index is 5.84. The molecule has 0 radical (unpaired) electrons. The van der Waals surface area contributed by atoms with E-state index in [-0.39, 0.29) is 10.8 Å². The van der Waals surface area contributed by atoms with Gasteiger partial charge in [0.15, 0.2) is 0 Å². The van der Waals surface area contributed by atoms with Gasteiger partial charge in [0, 0.05) is 18.1 Å². The first-order valence-electron chi connectivity index (χ1n) is 9.45. The van der Waals surface area contributed by atoms with Gasteiger partial charge < -0.3 is 9.26 Å². The third kappa shape index (κ3) is 3.32. The summed E-state index contributed by atoms with van der Waals surface area (Å²) in [4.78, 5) is 0. The summed E-state index contributed by atoms with van der Waals surface area (Å²) in [5, 5.41) is 3.85. The van der Waals surface area contributed by atoms with Gasteiger partial charge in [-0.15, -0.1) is 0 Å². The quantitative estimate of drug-likeness (QED) is 0.669. The lowest BCUT2D eigenvalue weighted by Crippen LogP contribution is -2.34. The monoisotopic (exact) mass is 353 g/mol. The predicted octanol–water partition coefficient (Wildman–Crippen LogP) is 6.07. The Morgan fingerprint density at radius 1 is 1.08 bits per heavy atom. The van der Waals surface area contributed by atoms with Crippen molar-refractivity contribution in [3.8, 4) is 5.75 Å². The van der Waals surface area contributed by atoms with Gasteiger partial charge in [-0.2, -0.15) is 0 Å². The molecule has 3 rings (SSSR count). The van der Waals surface area contributed by atoms with Gasteiger partial charge in [0.1, 0.15) is 11.5 Å². The molecule has 0 N–H and O–H groups in total. The first kappa shape index (κ1) is 18.8. The zero-order chi connectivity index (χ0) is 19.1. The van der Waals surface area contributed by atoms with Crippen LogP contribution in [0.5, 0.6) is 5.75 Å². The van der Waals surface area contributed by atoms with Crippen LogP contribution in [-0.4, -0.2) is 12.3 Å². The number of benzene rings is 1. The van der Waals surface area contributed by atoms with E-state index >= 15 is 0 Å². The fourth-order valence-electron chi connectivity index (χ4n) is 4.05. The average Bonchev–Trinajstić information content (AvgIpc) is 3.09. The van der Waals surface area contributed by atoms with Crippen molar-refractivity contribution in [2.24, 2.45) is 0 Å². The lowest BCUT2D eigenvalue weighted by molar-refractivity contribution is 0.328. The van der Waals surface area contributed by atoms with E-state index in [9.17, 15) is 0 Å². The van der Waals surface area contributed by atoms with Crippen LogP contribution >= 0.6 is 0 Å². The SMILES string of the molecule is COc1cc2c(cc1C(Cc1ccno1)=C(C)C)C(C)(C)CCC2(C)C. The second kappa shape index (κ2) is 6.61. The molecule has 1 aromatic heterocycles. The summed E-state index contributed by atoms with van der Waals surface area (Å²) >= 11 is 0. The topological polar surface area (TPSA) is 35.3 Å². The van der Waals surface area contributed by atoms with Crippen LogP contribution in [0.3, 0.4) is 0 Å². The van der Waals surface area contributed by atoms with Crippen molar-refractivity contribution >= 4 is 5.57 Å². The predicted molar refractivity (Wildman–Crippen MR) is 107 cm³/mol. The molecule has 0 bridgehead atoms. The summed E-state index contributed by atoms with van der Waals surface area (Å²) in [5.41, 5.74) is 6.90. The van der Waals surface area contributed by atoms with Crippen molar-refractivity contribution in [1.29, 1.82) is 0 Å². The van der Waals surface area contributed by atoms with Crippen LogP contribution in [0.4, 0.5) is 0 Å². The minimum atomic E-state index is 0.171. The van der Waals surface area contributed by atoms with E-state index in [0.29, 0.717) is 0 Å². The third-order valence-electron chi connectivity index (χ3n) is 5.94. The summed E-state index contributed by atoms with van der Waals surface area (Å²) in [5.74, 6) is 1.82. The van der Waals surface area contributed by atoms with Crippen LogP contribution in [0.15, 0.2) is 34.5 Å². The van der Waals surface area contributed by atoms with Gasteiger partial charge in [-0.3, -0.25) is 0 Å². The van der Waals surface area contributed by atoms with Gasteiger partial charge in [-0.05, 0) is 66.4 Å². The Morgan fingerprint density at radius 3 is 2.19 bits per heavy atom. The summed E-state index contributed by atoms with van der Waals surface area (Å²) in [6.45, 7) is 13.7. The Hall–Kier alpha value is -2.03. The standard InChI is InChI=1S/C23H31NO2/c1-15(2)17(12-16-8-11-24-26-16)18-13-19-20(14-21(18)25-7)23(5,6)10-9-22(19,3)4/h8,11,13-14H,9-10,12H2,1-7H3. The van der Waals surface area contributed by atoms with Crippen molar-refractivity contribution < 1.29 is 9.26 Å². The number of hydrogen-bond acceptors (Lipinski definition) is 3. The number of allylic oxidation sites excluding steroid dienone is 2. The molecule has 26 heavy (non-hydrogen) atoms. The first-order valence-corrected chi connectivity index (χ1v) is 9.45. The minimum absolute atomic E-state index is 0.171. The molecule has 2 aromatic rings. The zero-order valence-electron chi connectivity index (χ0n) is 17.2. The third-order valence-corrected chi connectivity index (χ3v) is 5.94. The lowest BCUT2D eigenvalue weighted by atomic mass is 9.62. The minimum Gasteiger partial charge on any atom is -0.496 e. The van der Waals surface area contributed by atoms with E-state index < -0.39 is 0 Å². The van der Waals surface area contributed by atoms with Crippen LogP contribution in [0.2, 0.25) is 0 Å². The highest BCUT2D eigenvalue weighted by atomic mass is 16.5. The van der Waals surface area contributed by atoms with Gasteiger partial charge in [0.05, 0.1) is 13.3 Å². The highest BCUT2D eigenvalue weighted by molar-refractivity contribution is 5.75. The van der Waals surface area contributed by atoms with Crippen molar-refractivity contribution in [3.63, 3.8) is 0 Å². The maximum atomic E-state index is 5.84. The van der Waals surface area contributed by atoms with Gasteiger partial charge in [0.25, 0.3) is 0 Å². The molecule has 1 aliphatic rings. The Labute approximate surface area is 157 Å². The number of rotatable bonds is 4. The first-order chi connectivity index (χ1) is 12.2. The summed E-state index contributed by atoms with van der Waals surface area (Å²) in [6, 6.07) is 6.57. The van der Waals surface area contributed by atoms with Crippen molar-refractivity contribution in [1.82, 2.24) is 5.16 Å². The van der Waals surface area contributed by atoms with Crippen LogP contribution in [0.1, 0.15) is 76.8 Å². The van der Waals surface area contributed by atoms with Crippen molar-refractivity contribution in [3.05, 3.63) is 52.4 Å². The van der Waals surface area contributed by atoms with E-state index in [1.54, 1.807) is 13.3 Å². The molecule has 3 nitrogen and oxygen atoms in total. The average molecular weight is 354 g/mol. The Bertz CT molecular complexity index is 822. The van der Waals surface area contributed by atoms with E-state index in [0.717, 1.165) is 17.9 Å². The molecule has 1 aliphatic carbocycles. The summed E-state index contributed by atoms with van der Waals surface area (Å²) in [6.07, 6.45) is 4.82. The Morgan fingerprint density at radius 2 is 1.69 bits per heavy atom. The molecule has 0 unspecified atom stereocenters. The Balaban J connectivity index is 2.20. The smallest absolute Gasteiger partial charge is 0.141 e. The van der Waals surface area contributed by atoms with E-state index in [1.807, 2.05) is 6.07 Å². The van der Waals surface area contributed by atoms with E-state index in [2.05, 4.69) is 58.8 Å². The van der Waals surface area contributed by atoms with E-state index in [1.165, 1.54) is 40.7 Å². The molecule has 0 saturated carbocycles. The zero-order valence-corrected chi connectivity index (χ0v) is 17.2. The summed E-state index contributed by atoms with van der Waals surface area (Å²) < 4.78 is 11.2. The van der Waals surface area contributed by atoms with E-state index in [4.69, 9.17) is 9.26 Å². The molecule has 3 heteroatoms. The molecular weight excluding hydrogens is 322 g/mol. The van der Waals surface area contributed by atoms with Crippen LogP contribution in [0.25, 0.3) is 5.57 Å². The second-order valence-electron chi connectivity index (χ2n) is 9.00. The maximum Gasteiger partial charge on any atom is 0.141 e. The Kier molecular flexibility index (Phi) is 4.76. The highest BCUT2D eigenvalue weighted by Gasteiger charge is 2.38. The molecule has 0 spiro atoms. The van der Waals surface area contributed by atoms with Crippen LogP contribution < -0.4 is 4.74 Å². The van der Waals surface area contributed by atoms with Gasteiger partial charge in [-0.25, -0.2) is 0 Å². The lowest BCUT2D eigenvalue weighted by Gasteiger charge is -2.42. The number of ether oxygens (including phenoxy) is 1. The highest BCUT2D eigenvalue weighted by Crippen LogP contribution is 2.48. The van der Waals surface area contributed by atoms with Gasteiger partial charge in [-0.1, -0.05) is 38.4 Å². The van der Waals surface area contributed by atoms with Crippen molar-refractivity contribution in [2.45, 2.75) is 71.6 Å². The molecule has 1 heterocycles. The largest absolute Gasteiger partial charge is 0.496 e. The number of nitrogens with zero attached hydrogens (tertiary/aromatic N) is 1. The fraction of sp³-hybridized carbons (Fsp3) is 0.522. The molecule has 0 atom stereocenters. The number of methoxy groups -OCH3 is 1. The van der Waals surface area contributed by atoms with Gasteiger partial charge in [0.2, 0.25) is 0 Å². The molecule has 1 aromatic carbocycles. The van der Waals surface area contributed by atoms with Crippen molar-refractivity contribution in [2.75, 3.05) is 7.11 Å². The fourth-order valence-corrected chi connectivity index (χ4v) is 4.05. The number of aromatic nitrogens is 1. The molecule has 0 aliphatic heterocycles. The van der Waals surface area contributed by atoms with Crippen LogP contribution in [0, 0.1) is 0 Å².